The number of nitrogens with zero attached hydrogens (tertiary/aromatic N) is 2. The van der Waals surface area contributed by atoms with Crippen LogP contribution in [0.15, 0.2) is 18.2 Å². The first-order valence-electron chi connectivity index (χ1n) is 5.29. The number of methoxy groups -OCH3 is 1. The van der Waals surface area contributed by atoms with Crippen molar-refractivity contribution in [2.24, 2.45) is 0 Å². The maximum atomic E-state index is 11.7. The van der Waals surface area contributed by atoms with Crippen molar-refractivity contribution in [3.8, 4) is 6.07 Å². The number of amides is 2. The molecule has 0 saturated heterocycles. The van der Waals surface area contributed by atoms with E-state index in [9.17, 15) is 4.79 Å². The number of halogens is 1. The Bertz CT molecular complexity index is 471. The molecule has 0 spiro atoms. The second-order valence-electron chi connectivity index (χ2n) is 3.65. The number of carbonyl (C=O) groups is 1. The van der Waals surface area contributed by atoms with Crippen molar-refractivity contribution in [3.05, 3.63) is 28.8 Å². The van der Waals surface area contributed by atoms with Crippen molar-refractivity contribution >= 4 is 23.3 Å². The Morgan fingerprint density at radius 1 is 1.61 bits per heavy atom. The molecule has 0 aliphatic carbocycles. The third-order valence-corrected chi connectivity index (χ3v) is 2.63. The minimum atomic E-state index is -0.257. The van der Waals surface area contributed by atoms with Gasteiger partial charge in [-0.3, -0.25) is 0 Å². The van der Waals surface area contributed by atoms with E-state index in [-0.39, 0.29) is 6.03 Å². The fraction of sp³-hybridized carbons (Fsp3) is 0.333. The van der Waals surface area contributed by atoms with Gasteiger partial charge < -0.3 is 15.0 Å². The summed E-state index contributed by atoms with van der Waals surface area (Å²) in [6.07, 6.45) is 0. The summed E-state index contributed by atoms with van der Waals surface area (Å²) in [5.74, 6) is 0. The van der Waals surface area contributed by atoms with Crippen LogP contribution in [-0.2, 0) is 4.74 Å². The summed E-state index contributed by atoms with van der Waals surface area (Å²) in [4.78, 5) is 13.2. The number of anilines is 1. The van der Waals surface area contributed by atoms with E-state index in [0.29, 0.717) is 29.4 Å². The zero-order valence-electron chi connectivity index (χ0n) is 10.2. The number of likely N-dealkylation sites (N-methyl/N-ethyl adjacent to an activating group) is 1. The molecule has 1 aromatic carbocycles. The molecule has 0 atom stereocenters. The summed E-state index contributed by atoms with van der Waals surface area (Å²) in [6, 6.07) is 6.44. The van der Waals surface area contributed by atoms with Crippen LogP contribution in [0.2, 0.25) is 5.02 Å². The lowest BCUT2D eigenvalue weighted by molar-refractivity contribution is 0.165. The number of ether oxygens (including phenoxy) is 1. The molecule has 1 aromatic rings. The van der Waals surface area contributed by atoms with E-state index in [4.69, 9.17) is 21.6 Å². The molecule has 1 N–H and O–H groups in total. The second-order valence-corrected chi connectivity index (χ2v) is 4.06. The SMILES string of the molecule is COCCN(C)C(=O)Nc1ccc(C#N)c(Cl)c1. The highest BCUT2D eigenvalue weighted by molar-refractivity contribution is 6.32. The molecule has 0 radical (unpaired) electrons. The van der Waals surface area contributed by atoms with Gasteiger partial charge in [0.05, 0.1) is 17.2 Å². The van der Waals surface area contributed by atoms with Gasteiger partial charge >= 0.3 is 6.03 Å². The Hall–Kier alpha value is -1.77. The summed E-state index contributed by atoms with van der Waals surface area (Å²) in [6.45, 7) is 0.963. The van der Waals surface area contributed by atoms with Gasteiger partial charge in [0.1, 0.15) is 6.07 Å². The van der Waals surface area contributed by atoms with Crippen molar-refractivity contribution in [3.63, 3.8) is 0 Å². The molecule has 0 aliphatic heterocycles. The highest BCUT2D eigenvalue weighted by Gasteiger charge is 2.09. The second kappa shape index (κ2) is 6.84. The number of nitriles is 1. The van der Waals surface area contributed by atoms with Crippen LogP contribution in [0.5, 0.6) is 0 Å². The Morgan fingerprint density at radius 2 is 2.33 bits per heavy atom. The van der Waals surface area contributed by atoms with Crippen molar-refractivity contribution in [1.29, 1.82) is 5.26 Å². The monoisotopic (exact) mass is 267 g/mol. The maximum Gasteiger partial charge on any atom is 0.321 e. The van der Waals surface area contributed by atoms with Crippen molar-refractivity contribution < 1.29 is 9.53 Å². The molecule has 0 fully saturated rings. The van der Waals surface area contributed by atoms with Gasteiger partial charge in [-0.1, -0.05) is 11.6 Å². The van der Waals surface area contributed by atoms with Crippen LogP contribution >= 0.6 is 11.6 Å². The van der Waals surface area contributed by atoms with Gasteiger partial charge in [-0.25, -0.2) is 4.79 Å². The van der Waals surface area contributed by atoms with Gasteiger partial charge in [0, 0.05) is 26.4 Å². The molecule has 1 rings (SSSR count). The fourth-order valence-corrected chi connectivity index (χ4v) is 1.46. The topological polar surface area (TPSA) is 65.4 Å². The number of benzene rings is 1. The predicted octanol–water partition coefficient (Wildman–Crippen LogP) is 2.32. The minimum Gasteiger partial charge on any atom is -0.383 e. The Labute approximate surface area is 111 Å². The lowest BCUT2D eigenvalue weighted by Gasteiger charge is -2.17. The zero-order valence-corrected chi connectivity index (χ0v) is 11.0. The highest BCUT2D eigenvalue weighted by Crippen LogP contribution is 2.20. The van der Waals surface area contributed by atoms with E-state index in [1.807, 2.05) is 6.07 Å². The lowest BCUT2D eigenvalue weighted by Crippen LogP contribution is -2.33. The Kier molecular flexibility index (Phi) is 5.43. The van der Waals surface area contributed by atoms with Crippen LogP contribution < -0.4 is 5.32 Å². The Morgan fingerprint density at radius 3 is 2.89 bits per heavy atom. The standard InChI is InChI=1S/C12H14ClN3O2/c1-16(5-6-18-2)12(17)15-10-4-3-9(8-14)11(13)7-10/h3-4,7H,5-6H2,1-2H3,(H,15,17). The molecule has 0 saturated carbocycles. The van der Waals surface area contributed by atoms with Gasteiger partial charge in [0.2, 0.25) is 0 Å². The number of carbonyl (C=O) groups excluding carboxylic acids is 1. The molecule has 2 amide bonds. The number of nitrogens with one attached hydrogen (secondary N) is 1. The van der Waals surface area contributed by atoms with Crippen LogP contribution in [-0.4, -0.2) is 38.2 Å². The van der Waals surface area contributed by atoms with E-state index < -0.39 is 0 Å². The lowest BCUT2D eigenvalue weighted by atomic mass is 10.2. The van der Waals surface area contributed by atoms with Crippen LogP contribution in [0, 0.1) is 11.3 Å². The predicted molar refractivity (Wildman–Crippen MR) is 69.7 cm³/mol. The van der Waals surface area contributed by atoms with Crippen LogP contribution in [0.25, 0.3) is 0 Å². The van der Waals surface area contributed by atoms with Gasteiger partial charge in [-0.2, -0.15) is 5.26 Å². The number of hydrogen-bond acceptors (Lipinski definition) is 3. The van der Waals surface area contributed by atoms with Crippen molar-refractivity contribution in [2.45, 2.75) is 0 Å². The Balaban J connectivity index is 2.65. The number of hydrogen-bond donors (Lipinski definition) is 1. The molecule has 6 heteroatoms. The normalized spacial score (nSPS) is 9.67. The van der Waals surface area contributed by atoms with E-state index >= 15 is 0 Å². The summed E-state index contributed by atoms with van der Waals surface area (Å²) in [7, 11) is 3.24. The summed E-state index contributed by atoms with van der Waals surface area (Å²) in [5, 5.41) is 11.7. The first kappa shape index (κ1) is 14.3. The van der Waals surface area contributed by atoms with Gasteiger partial charge in [0.25, 0.3) is 0 Å². The molecule has 96 valence electrons. The summed E-state index contributed by atoms with van der Waals surface area (Å²) >= 11 is 5.87. The van der Waals surface area contributed by atoms with Crippen LogP contribution in [0.3, 0.4) is 0 Å². The first-order valence-corrected chi connectivity index (χ1v) is 5.67. The molecule has 0 bridgehead atoms. The molecular formula is C12H14ClN3O2. The minimum absolute atomic E-state index is 0.257. The maximum absolute atomic E-state index is 11.7. The van der Waals surface area contributed by atoms with Crippen molar-refractivity contribution in [1.82, 2.24) is 4.90 Å². The molecule has 0 unspecified atom stereocenters. The summed E-state index contributed by atoms with van der Waals surface area (Å²) < 4.78 is 4.88. The molecule has 18 heavy (non-hydrogen) atoms. The van der Waals surface area contributed by atoms with Crippen molar-refractivity contribution in [2.75, 3.05) is 32.6 Å². The van der Waals surface area contributed by atoms with E-state index in [0.717, 1.165) is 0 Å². The fourth-order valence-electron chi connectivity index (χ4n) is 1.23. The molecule has 5 nitrogen and oxygen atoms in total. The summed E-state index contributed by atoms with van der Waals surface area (Å²) in [5.41, 5.74) is 0.927. The van der Waals surface area contributed by atoms with Gasteiger partial charge in [-0.05, 0) is 18.2 Å². The van der Waals surface area contributed by atoms with E-state index in [1.54, 1.807) is 32.4 Å². The molecular weight excluding hydrogens is 254 g/mol. The highest BCUT2D eigenvalue weighted by atomic mass is 35.5. The third kappa shape index (κ3) is 3.91. The molecule has 0 aromatic heterocycles. The van der Waals surface area contributed by atoms with Crippen LogP contribution in [0.4, 0.5) is 10.5 Å². The smallest absolute Gasteiger partial charge is 0.321 e. The molecule has 0 heterocycles. The average molecular weight is 268 g/mol. The van der Waals surface area contributed by atoms with E-state index in [1.165, 1.54) is 4.90 Å². The molecule has 0 aliphatic rings. The average Bonchev–Trinajstić information content (AvgIpc) is 2.36. The van der Waals surface area contributed by atoms with Gasteiger partial charge in [0.15, 0.2) is 0 Å². The quantitative estimate of drug-likeness (QED) is 0.910. The largest absolute Gasteiger partial charge is 0.383 e. The first-order chi connectivity index (χ1) is 8.58. The number of rotatable bonds is 4. The number of urea groups is 1. The van der Waals surface area contributed by atoms with Crippen LogP contribution in [0.1, 0.15) is 5.56 Å². The van der Waals surface area contributed by atoms with Gasteiger partial charge in [-0.15, -0.1) is 0 Å². The van der Waals surface area contributed by atoms with E-state index in [2.05, 4.69) is 5.32 Å². The zero-order chi connectivity index (χ0) is 13.5. The third-order valence-electron chi connectivity index (χ3n) is 2.32.